The molecule has 0 aliphatic heterocycles. The normalized spacial score (nSPS) is 10.8. The second-order valence-corrected chi connectivity index (χ2v) is 5.58. The van der Waals surface area contributed by atoms with Crippen molar-refractivity contribution < 1.29 is 4.42 Å². The number of benzene rings is 2. The molecule has 0 amide bonds. The smallest absolute Gasteiger partial charge is 0.268 e. The van der Waals surface area contributed by atoms with Crippen molar-refractivity contribution in [3.8, 4) is 34.3 Å². The Morgan fingerprint density at radius 3 is 2.36 bits per heavy atom. The topological polar surface area (TPSA) is 64.7 Å². The summed E-state index contributed by atoms with van der Waals surface area (Å²) in [6.07, 6.45) is 4.33. The molecular formula is C20H16N4O. The van der Waals surface area contributed by atoms with Crippen molar-refractivity contribution in [2.45, 2.75) is 13.3 Å². The van der Waals surface area contributed by atoms with Crippen LogP contribution >= 0.6 is 0 Å². The van der Waals surface area contributed by atoms with Crippen LogP contribution in [0.3, 0.4) is 0 Å². The van der Waals surface area contributed by atoms with E-state index in [1.807, 2.05) is 42.5 Å². The fourth-order valence-corrected chi connectivity index (χ4v) is 2.70. The Labute approximate surface area is 145 Å². The predicted octanol–water partition coefficient (Wildman–Crippen LogP) is 4.42. The van der Waals surface area contributed by atoms with E-state index in [0.717, 1.165) is 23.2 Å². The Kier molecular flexibility index (Phi) is 4.04. The molecule has 0 radical (unpaired) electrons. The Morgan fingerprint density at radius 1 is 0.800 bits per heavy atom. The van der Waals surface area contributed by atoms with Gasteiger partial charge in [-0.15, -0.1) is 10.2 Å². The molecule has 122 valence electrons. The molecule has 2 heterocycles. The van der Waals surface area contributed by atoms with Gasteiger partial charge >= 0.3 is 0 Å². The minimum Gasteiger partial charge on any atom is -0.415 e. The van der Waals surface area contributed by atoms with Gasteiger partial charge in [-0.25, -0.2) is 4.98 Å². The molecule has 25 heavy (non-hydrogen) atoms. The lowest BCUT2D eigenvalue weighted by Gasteiger charge is -2.07. The molecule has 0 aliphatic rings. The van der Waals surface area contributed by atoms with Crippen LogP contribution in [-0.4, -0.2) is 20.2 Å². The maximum atomic E-state index is 5.78. The molecule has 5 nitrogen and oxygen atoms in total. The maximum absolute atomic E-state index is 5.78. The first-order chi connectivity index (χ1) is 12.3. The first kappa shape index (κ1) is 15.2. The van der Waals surface area contributed by atoms with Crippen LogP contribution in [0.1, 0.15) is 12.5 Å². The summed E-state index contributed by atoms with van der Waals surface area (Å²) in [5.74, 6) is 0.832. The van der Waals surface area contributed by atoms with Crippen molar-refractivity contribution in [3.05, 3.63) is 72.6 Å². The highest BCUT2D eigenvalue weighted by molar-refractivity contribution is 5.65. The van der Waals surface area contributed by atoms with Crippen molar-refractivity contribution in [2.75, 3.05) is 0 Å². The second kappa shape index (κ2) is 6.65. The minimum absolute atomic E-state index is 0.363. The van der Waals surface area contributed by atoms with Gasteiger partial charge in [0.1, 0.15) is 5.69 Å². The van der Waals surface area contributed by atoms with E-state index in [1.54, 1.807) is 12.4 Å². The largest absolute Gasteiger partial charge is 0.415 e. The Balaban J connectivity index is 1.72. The molecule has 0 spiro atoms. The van der Waals surface area contributed by atoms with E-state index in [1.165, 1.54) is 5.56 Å². The summed E-state index contributed by atoms with van der Waals surface area (Å²) >= 11 is 0. The van der Waals surface area contributed by atoms with E-state index in [9.17, 15) is 0 Å². The molecular weight excluding hydrogens is 312 g/mol. The molecule has 0 unspecified atom stereocenters. The van der Waals surface area contributed by atoms with Crippen LogP contribution in [-0.2, 0) is 6.42 Å². The molecule has 0 fully saturated rings. The van der Waals surface area contributed by atoms with Crippen LogP contribution in [0.5, 0.6) is 0 Å². The minimum atomic E-state index is 0.363. The van der Waals surface area contributed by atoms with Gasteiger partial charge in [0.05, 0.1) is 18.1 Å². The van der Waals surface area contributed by atoms with Gasteiger partial charge in [0.2, 0.25) is 5.89 Å². The predicted molar refractivity (Wildman–Crippen MR) is 95.6 cm³/mol. The molecule has 5 heteroatoms. The number of hydrogen-bond donors (Lipinski definition) is 0. The highest BCUT2D eigenvalue weighted by Crippen LogP contribution is 2.26. The van der Waals surface area contributed by atoms with Crippen molar-refractivity contribution in [1.82, 2.24) is 20.2 Å². The fraction of sp³-hybridized carbons (Fsp3) is 0.100. The molecule has 4 aromatic rings. The average molecular weight is 328 g/mol. The zero-order valence-corrected chi connectivity index (χ0v) is 13.8. The highest BCUT2D eigenvalue weighted by Gasteiger charge is 2.13. The lowest BCUT2D eigenvalue weighted by atomic mass is 10.0. The van der Waals surface area contributed by atoms with Crippen molar-refractivity contribution in [3.63, 3.8) is 0 Å². The zero-order valence-electron chi connectivity index (χ0n) is 13.8. The summed E-state index contributed by atoms with van der Waals surface area (Å²) in [4.78, 5) is 8.97. The van der Waals surface area contributed by atoms with Gasteiger partial charge < -0.3 is 4.42 Å². The van der Waals surface area contributed by atoms with E-state index in [0.29, 0.717) is 17.5 Å². The summed E-state index contributed by atoms with van der Waals surface area (Å²) in [6, 6.07) is 17.9. The van der Waals surface area contributed by atoms with E-state index >= 15 is 0 Å². The lowest BCUT2D eigenvalue weighted by Crippen LogP contribution is -1.93. The van der Waals surface area contributed by atoms with E-state index in [2.05, 4.69) is 39.2 Å². The average Bonchev–Trinajstić information content (AvgIpc) is 3.19. The maximum Gasteiger partial charge on any atom is 0.268 e. The quantitative estimate of drug-likeness (QED) is 0.555. The van der Waals surface area contributed by atoms with Gasteiger partial charge in [0.25, 0.3) is 5.89 Å². The number of aromatic nitrogens is 4. The Morgan fingerprint density at radius 2 is 1.52 bits per heavy atom. The van der Waals surface area contributed by atoms with Crippen LogP contribution in [0.15, 0.2) is 71.4 Å². The molecule has 0 N–H and O–H groups in total. The third-order valence-electron chi connectivity index (χ3n) is 3.97. The summed E-state index contributed by atoms with van der Waals surface area (Å²) in [6.45, 7) is 2.13. The summed E-state index contributed by atoms with van der Waals surface area (Å²) in [7, 11) is 0. The van der Waals surface area contributed by atoms with Crippen LogP contribution in [0, 0.1) is 0 Å². The monoisotopic (exact) mass is 328 g/mol. The first-order valence-electron chi connectivity index (χ1n) is 8.15. The standard InChI is InChI=1S/C20H16N4O/c1-2-14-8-6-7-11-16(14)17-12-21-13-18(22-17)20-24-23-19(25-20)15-9-4-3-5-10-15/h3-13H,2H2,1H3. The van der Waals surface area contributed by atoms with Crippen LogP contribution < -0.4 is 0 Å². The van der Waals surface area contributed by atoms with E-state index in [4.69, 9.17) is 4.42 Å². The molecule has 0 saturated carbocycles. The third kappa shape index (κ3) is 3.04. The number of hydrogen-bond acceptors (Lipinski definition) is 5. The Bertz CT molecular complexity index is 995. The molecule has 2 aromatic heterocycles. The SMILES string of the molecule is CCc1ccccc1-c1cncc(-c2nnc(-c3ccccc3)o2)n1. The van der Waals surface area contributed by atoms with Gasteiger partial charge in [-0.3, -0.25) is 4.98 Å². The van der Waals surface area contributed by atoms with Crippen LogP contribution in [0.2, 0.25) is 0 Å². The molecule has 0 saturated heterocycles. The first-order valence-corrected chi connectivity index (χ1v) is 8.15. The second-order valence-electron chi connectivity index (χ2n) is 5.58. The number of nitrogens with zero attached hydrogens (tertiary/aromatic N) is 4. The fourth-order valence-electron chi connectivity index (χ4n) is 2.70. The lowest BCUT2D eigenvalue weighted by molar-refractivity contribution is 0.582. The number of rotatable bonds is 4. The van der Waals surface area contributed by atoms with E-state index in [-0.39, 0.29) is 0 Å². The van der Waals surface area contributed by atoms with Gasteiger partial charge in [-0.05, 0) is 24.1 Å². The van der Waals surface area contributed by atoms with Crippen molar-refractivity contribution in [2.24, 2.45) is 0 Å². The van der Waals surface area contributed by atoms with Gasteiger partial charge in [-0.2, -0.15) is 0 Å². The molecule has 0 atom stereocenters. The van der Waals surface area contributed by atoms with Gasteiger partial charge in [0.15, 0.2) is 0 Å². The van der Waals surface area contributed by atoms with Gasteiger partial charge in [0, 0.05) is 11.1 Å². The van der Waals surface area contributed by atoms with Crippen molar-refractivity contribution in [1.29, 1.82) is 0 Å². The Hall–Kier alpha value is -3.34. The molecule has 0 aliphatic carbocycles. The molecule has 0 bridgehead atoms. The van der Waals surface area contributed by atoms with Crippen LogP contribution in [0.4, 0.5) is 0 Å². The highest BCUT2D eigenvalue weighted by atomic mass is 16.4. The summed E-state index contributed by atoms with van der Waals surface area (Å²) in [5, 5.41) is 8.24. The van der Waals surface area contributed by atoms with Crippen LogP contribution in [0.25, 0.3) is 34.3 Å². The zero-order chi connectivity index (χ0) is 17.1. The molecule has 4 rings (SSSR count). The third-order valence-corrected chi connectivity index (χ3v) is 3.97. The summed E-state index contributed by atoms with van der Waals surface area (Å²) in [5.41, 5.74) is 4.54. The van der Waals surface area contributed by atoms with E-state index < -0.39 is 0 Å². The summed E-state index contributed by atoms with van der Waals surface area (Å²) < 4.78 is 5.78. The number of aryl methyl sites for hydroxylation is 1. The molecule has 2 aromatic carbocycles. The van der Waals surface area contributed by atoms with Crippen molar-refractivity contribution >= 4 is 0 Å². The van der Waals surface area contributed by atoms with Gasteiger partial charge in [-0.1, -0.05) is 49.4 Å².